The van der Waals surface area contributed by atoms with Crippen LogP contribution in [0.4, 0.5) is 0 Å². The molecule has 0 radical (unpaired) electrons. The molecule has 0 atom stereocenters. The molecular formula is C24H35N3O2. The number of hydrogen-bond donors (Lipinski definition) is 1. The van der Waals surface area contributed by atoms with Crippen molar-refractivity contribution in [2.45, 2.75) is 59.4 Å². The van der Waals surface area contributed by atoms with Gasteiger partial charge < -0.3 is 14.8 Å². The van der Waals surface area contributed by atoms with Crippen molar-refractivity contribution >= 4 is 16.8 Å². The number of hydrogen-bond acceptors (Lipinski definition) is 3. The lowest BCUT2D eigenvalue weighted by Gasteiger charge is -2.31. The van der Waals surface area contributed by atoms with Crippen molar-refractivity contribution in [2.75, 3.05) is 26.2 Å². The molecule has 5 nitrogen and oxygen atoms in total. The number of nitrogens with one attached hydrogen (secondary N) is 1. The Hall–Kier alpha value is -2.14. The standard InChI is InChI=1S/C24H35N3O2/c1-5-6-12-26-13-10-19(11-14-26)16-25-23(28)21-15-20-18(4)8-7-9-22(20)27(17(2)3)24(21)29/h7-9,15,17,19H,5-6,10-14,16H2,1-4H3,(H,25,28). The Labute approximate surface area is 174 Å². The largest absolute Gasteiger partial charge is 0.352 e. The van der Waals surface area contributed by atoms with Crippen molar-refractivity contribution in [3.63, 3.8) is 0 Å². The molecule has 158 valence electrons. The predicted octanol–water partition coefficient (Wildman–Crippen LogP) is 4.13. The highest BCUT2D eigenvalue weighted by Gasteiger charge is 2.21. The molecule has 1 aromatic carbocycles. The third-order valence-electron chi connectivity index (χ3n) is 6.15. The smallest absolute Gasteiger partial charge is 0.264 e. The fourth-order valence-electron chi connectivity index (χ4n) is 4.31. The first-order valence-electron chi connectivity index (χ1n) is 11.1. The van der Waals surface area contributed by atoms with E-state index >= 15 is 0 Å². The van der Waals surface area contributed by atoms with Gasteiger partial charge in [0, 0.05) is 18.0 Å². The van der Waals surface area contributed by atoms with E-state index in [0.29, 0.717) is 12.5 Å². The van der Waals surface area contributed by atoms with E-state index in [1.54, 1.807) is 10.6 Å². The van der Waals surface area contributed by atoms with Gasteiger partial charge in [-0.2, -0.15) is 0 Å². The SMILES string of the molecule is CCCCN1CCC(CNC(=O)c2cc3c(C)cccc3n(C(C)C)c2=O)CC1. The highest BCUT2D eigenvalue weighted by Crippen LogP contribution is 2.21. The third kappa shape index (κ3) is 4.89. The summed E-state index contributed by atoms with van der Waals surface area (Å²) in [6.45, 7) is 12.3. The molecule has 2 heterocycles. The normalized spacial score (nSPS) is 15.9. The van der Waals surface area contributed by atoms with Gasteiger partial charge in [0.2, 0.25) is 0 Å². The van der Waals surface area contributed by atoms with E-state index in [1.807, 2.05) is 39.0 Å². The maximum atomic E-state index is 13.1. The number of carbonyl (C=O) groups excluding carboxylic acids is 1. The van der Waals surface area contributed by atoms with Gasteiger partial charge in [0.1, 0.15) is 5.56 Å². The molecule has 0 bridgehead atoms. The lowest BCUT2D eigenvalue weighted by Crippen LogP contribution is -2.40. The second-order valence-corrected chi connectivity index (χ2v) is 8.68. The second kappa shape index (κ2) is 9.57. The average Bonchev–Trinajstić information content (AvgIpc) is 2.70. The molecule has 5 heteroatoms. The number of amides is 1. The van der Waals surface area contributed by atoms with Gasteiger partial charge in [0.05, 0.1) is 5.52 Å². The number of aromatic nitrogens is 1. The van der Waals surface area contributed by atoms with E-state index in [-0.39, 0.29) is 23.1 Å². The number of rotatable bonds is 7. The third-order valence-corrected chi connectivity index (χ3v) is 6.15. The lowest BCUT2D eigenvalue weighted by molar-refractivity contribution is 0.0934. The van der Waals surface area contributed by atoms with Crippen LogP contribution in [0.5, 0.6) is 0 Å². The number of benzene rings is 1. The van der Waals surface area contributed by atoms with Crippen LogP contribution >= 0.6 is 0 Å². The van der Waals surface area contributed by atoms with E-state index in [0.717, 1.165) is 42.4 Å². The van der Waals surface area contributed by atoms with Crippen molar-refractivity contribution in [1.29, 1.82) is 0 Å². The zero-order valence-electron chi connectivity index (χ0n) is 18.3. The highest BCUT2D eigenvalue weighted by atomic mass is 16.2. The second-order valence-electron chi connectivity index (χ2n) is 8.68. The number of piperidine rings is 1. The van der Waals surface area contributed by atoms with E-state index in [2.05, 4.69) is 17.1 Å². The van der Waals surface area contributed by atoms with E-state index in [4.69, 9.17) is 0 Å². The number of aryl methyl sites for hydroxylation is 1. The fraction of sp³-hybridized carbons (Fsp3) is 0.583. The van der Waals surface area contributed by atoms with Gasteiger partial charge in [0.25, 0.3) is 11.5 Å². The van der Waals surface area contributed by atoms with Crippen LogP contribution in [-0.4, -0.2) is 41.6 Å². The van der Waals surface area contributed by atoms with Gasteiger partial charge in [-0.1, -0.05) is 25.5 Å². The minimum Gasteiger partial charge on any atom is -0.352 e. The Balaban J connectivity index is 1.72. The van der Waals surface area contributed by atoms with Crippen LogP contribution < -0.4 is 10.9 Å². The fourth-order valence-corrected chi connectivity index (χ4v) is 4.31. The minimum absolute atomic E-state index is 0.00741. The summed E-state index contributed by atoms with van der Waals surface area (Å²) in [6, 6.07) is 7.70. The number of pyridine rings is 1. The summed E-state index contributed by atoms with van der Waals surface area (Å²) in [6.07, 6.45) is 4.70. The van der Waals surface area contributed by atoms with E-state index < -0.39 is 0 Å². The molecule has 1 aromatic heterocycles. The zero-order chi connectivity index (χ0) is 21.0. The summed E-state index contributed by atoms with van der Waals surface area (Å²) in [5.74, 6) is 0.245. The number of fused-ring (bicyclic) bond motifs is 1. The summed E-state index contributed by atoms with van der Waals surface area (Å²) in [5, 5.41) is 4.01. The van der Waals surface area contributed by atoms with Crippen molar-refractivity contribution in [1.82, 2.24) is 14.8 Å². The Morgan fingerprint density at radius 3 is 2.62 bits per heavy atom. The van der Waals surface area contributed by atoms with Crippen LogP contribution in [0.15, 0.2) is 29.1 Å². The highest BCUT2D eigenvalue weighted by molar-refractivity contribution is 5.98. The molecule has 1 aliphatic rings. The lowest BCUT2D eigenvalue weighted by atomic mass is 9.96. The monoisotopic (exact) mass is 397 g/mol. The molecule has 3 rings (SSSR count). The van der Waals surface area contributed by atoms with Crippen molar-refractivity contribution in [3.05, 3.63) is 45.7 Å². The summed E-state index contributed by atoms with van der Waals surface area (Å²) in [7, 11) is 0. The summed E-state index contributed by atoms with van der Waals surface area (Å²) < 4.78 is 1.74. The van der Waals surface area contributed by atoms with Gasteiger partial charge in [-0.15, -0.1) is 0 Å². The molecular weight excluding hydrogens is 362 g/mol. The number of carbonyl (C=O) groups is 1. The Morgan fingerprint density at radius 2 is 1.97 bits per heavy atom. The Kier molecular flexibility index (Phi) is 7.12. The van der Waals surface area contributed by atoms with Gasteiger partial charge in [-0.3, -0.25) is 9.59 Å². The molecule has 1 saturated heterocycles. The van der Waals surface area contributed by atoms with Crippen LogP contribution in [0.3, 0.4) is 0 Å². The summed E-state index contributed by atoms with van der Waals surface area (Å²) in [4.78, 5) is 28.5. The average molecular weight is 398 g/mol. The van der Waals surface area contributed by atoms with Gasteiger partial charge in [-0.05, 0) is 83.3 Å². The first-order chi connectivity index (χ1) is 13.9. The van der Waals surface area contributed by atoms with E-state index in [9.17, 15) is 9.59 Å². The maximum absolute atomic E-state index is 13.1. The van der Waals surface area contributed by atoms with Crippen molar-refractivity contribution in [3.8, 4) is 0 Å². The van der Waals surface area contributed by atoms with Crippen LogP contribution in [0.25, 0.3) is 10.9 Å². The summed E-state index contributed by atoms with van der Waals surface area (Å²) in [5.41, 5.74) is 2.01. The minimum atomic E-state index is -0.247. The van der Waals surface area contributed by atoms with E-state index in [1.165, 1.54) is 19.4 Å². The molecule has 29 heavy (non-hydrogen) atoms. The number of unbranched alkanes of at least 4 members (excludes halogenated alkanes) is 1. The Morgan fingerprint density at radius 1 is 1.24 bits per heavy atom. The topological polar surface area (TPSA) is 54.3 Å². The quantitative estimate of drug-likeness (QED) is 0.764. The van der Waals surface area contributed by atoms with Crippen molar-refractivity contribution < 1.29 is 4.79 Å². The predicted molar refractivity (Wildman–Crippen MR) is 120 cm³/mol. The molecule has 1 aliphatic heterocycles. The summed E-state index contributed by atoms with van der Waals surface area (Å²) >= 11 is 0. The number of likely N-dealkylation sites (tertiary alicyclic amines) is 1. The molecule has 0 saturated carbocycles. The first-order valence-corrected chi connectivity index (χ1v) is 11.1. The molecule has 1 amide bonds. The number of nitrogens with zero attached hydrogens (tertiary/aromatic N) is 2. The molecule has 2 aromatic rings. The molecule has 0 aliphatic carbocycles. The molecule has 0 spiro atoms. The molecule has 1 N–H and O–H groups in total. The maximum Gasteiger partial charge on any atom is 0.264 e. The first kappa shape index (κ1) is 21.6. The zero-order valence-corrected chi connectivity index (χ0v) is 18.3. The van der Waals surface area contributed by atoms with Crippen LogP contribution in [0, 0.1) is 12.8 Å². The Bertz CT molecular complexity index is 908. The molecule has 0 unspecified atom stereocenters. The van der Waals surface area contributed by atoms with Crippen LogP contribution in [-0.2, 0) is 0 Å². The van der Waals surface area contributed by atoms with Crippen LogP contribution in [0.2, 0.25) is 0 Å². The molecule has 1 fully saturated rings. The van der Waals surface area contributed by atoms with Gasteiger partial charge in [-0.25, -0.2) is 0 Å². The van der Waals surface area contributed by atoms with Gasteiger partial charge in [0.15, 0.2) is 0 Å². The van der Waals surface area contributed by atoms with Gasteiger partial charge >= 0.3 is 0 Å². The van der Waals surface area contributed by atoms with Crippen LogP contribution in [0.1, 0.15) is 68.4 Å². The van der Waals surface area contributed by atoms with Crippen molar-refractivity contribution in [2.24, 2.45) is 5.92 Å².